The third-order valence-electron chi connectivity index (χ3n) is 4.54. The van der Waals surface area contributed by atoms with Gasteiger partial charge >= 0.3 is 0 Å². The Morgan fingerprint density at radius 1 is 0.935 bits per heavy atom. The van der Waals surface area contributed by atoms with Gasteiger partial charge in [0.15, 0.2) is 11.5 Å². The maximum atomic E-state index is 13.1. The quantitative estimate of drug-likeness (QED) is 0.483. The summed E-state index contributed by atoms with van der Waals surface area (Å²) in [4.78, 5) is 16.8. The van der Waals surface area contributed by atoms with Gasteiger partial charge in [0.1, 0.15) is 5.82 Å². The molecule has 4 rings (SSSR count). The number of hydrogen-bond donors (Lipinski definition) is 1. The molecule has 0 spiro atoms. The molecule has 7 nitrogen and oxygen atoms in total. The van der Waals surface area contributed by atoms with E-state index in [0.29, 0.717) is 45.6 Å². The highest BCUT2D eigenvalue weighted by Gasteiger charge is 2.14. The van der Waals surface area contributed by atoms with E-state index < -0.39 is 5.82 Å². The van der Waals surface area contributed by atoms with Crippen LogP contribution in [-0.4, -0.2) is 30.3 Å². The number of aromatic nitrogens is 2. The fourth-order valence-electron chi connectivity index (χ4n) is 2.97. The Labute approximate surface area is 177 Å². The van der Waals surface area contributed by atoms with Crippen LogP contribution in [-0.2, 0) is 0 Å². The van der Waals surface area contributed by atoms with Gasteiger partial charge in [0.25, 0.3) is 11.8 Å². The van der Waals surface area contributed by atoms with Crippen molar-refractivity contribution in [2.24, 2.45) is 0 Å². The summed E-state index contributed by atoms with van der Waals surface area (Å²) in [7, 11) is 3.11. The number of halogens is 1. The van der Waals surface area contributed by atoms with Crippen molar-refractivity contribution in [3.8, 4) is 34.3 Å². The van der Waals surface area contributed by atoms with Crippen LogP contribution >= 0.6 is 0 Å². The number of hydrogen-bond acceptors (Lipinski definition) is 6. The molecule has 0 saturated heterocycles. The molecule has 0 radical (unpaired) electrons. The molecular formula is C23H18FN3O4. The van der Waals surface area contributed by atoms with Gasteiger partial charge in [-0.25, -0.2) is 4.39 Å². The van der Waals surface area contributed by atoms with E-state index in [2.05, 4.69) is 15.5 Å². The van der Waals surface area contributed by atoms with Crippen LogP contribution in [0.5, 0.6) is 11.5 Å². The van der Waals surface area contributed by atoms with Crippen LogP contribution in [0.15, 0.2) is 71.3 Å². The summed E-state index contributed by atoms with van der Waals surface area (Å²) >= 11 is 0. The molecule has 3 aromatic carbocycles. The number of rotatable bonds is 6. The summed E-state index contributed by atoms with van der Waals surface area (Å²) in [5.41, 5.74) is 2.22. The number of amides is 1. The molecular weight excluding hydrogens is 401 g/mol. The largest absolute Gasteiger partial charge is 0.493 e. The minimum absolute atomic E-state index is 0.294. The molecule has 0 unspecified atom stereocenters. The molecule has 156 valence electrons. The molecule has 31 heavy (non-hydrogen) atoms. The van der Waals surface area contributed by atoms with E-state index in [1.54, 1.807) is 56.7 Å². The van der Waals surface area contributed by atoms with Gasteiger partial charge in [-0.2, -0.15) is 4.98 Å². The van der Waals surface area contributed by atoms with E-state index in [1.807, 2.05) is 0 Å². The van der Waals surface area contributed by atoms with Crippen LogP contribution in [0.2, 0.25) is 0 Å². The summed E-state index contributed by atoms with van der Waals surface area (Å²) in [5.74, 6) is 1.07. The zero-order valence-corrected chi connectivity index (χ0v) is 16.8. The Morgan fingerprint density at radius 2 is 1.71 bits per heavy atom. The van der Waals surface area contributed by atoms with E-state index in [4.69, 9.17) is 14.0 Å². The second-order valence-corrected chi connectivity index (χ2v) is 6.53. The second kappa shape index (κ2) is 8.66. The lowest BCUT2D eigenvalue weighted by atomic mass is 10.1. The van der Waals surface area contributed by atoms with Crippen molar-refractivity contribution in [1.82, 2.24) is 10.1 Å². The molecule has 0 fully saturated rings. The molecule has 1 aromatic heterocycles. The molecule has 0 aliphatic carbocycles. The smallest absolute Gasteiger partial charge is 0.258 e. The average Bonchev–Trinajstić information content (AvgIpc) is 3.29. The van der Waals surface area contributed by atoms with E-state index in [9.17, 15) is 9.18 Å². The van der Waals surface area contributed by atoms with E-state index in [1.165, 1.54) is 24.3 Å². The lowest BCUT2D eigenvalue weighted by molar-refractivity contribution is 0.102. The van der Waals surface area contributed by atoms with E-state index in [-0.39, 0.29) is 5.91 Å². The Morgan fingerprint density at radius 3 is 2.45 bits per heavy atom. The van der Waals surface area contributed by atoms with Crippen molar-refractivity contribution in [3.63, 3.8) is 0 Å². The van der Waals surface area contributed by atoms with Crippen LogP contribution in [0.25, 0.3) is 22.8 Å². The summed E-state index contributed by atoms with van der Waals surface area (Å²) in [6.45, 7) is 0. The SMILES string of the molecule is COc1ccc(-c2noc(-c3cccc(NC(=O)c4ccc(F)cc4)c3)n2)cc1OC. The van der Waals surface area contributed by atoms with E-state index in [0.717, 1.165) is 0 Å². The topological polar surface area (TPSA) is 86.5 Å². The van der Waals surface area contributed by atoms with Crippen LogP contribution in [0.4, 0.5) is 10.1 Å². The predicted octanol–water partition coefficient (Wildman–Crippen LogP) is 4.81. The van der Waals surface area contributed by atoms with Gasteiger partial charge in [-0.15, -0.1) is 0 Å². The third kappa shape index (κ3) is 4.37. The molecule has 0 aliphatic rings. The lowest BCUT2D eigenvalue weighted by Gasteiger charge is -2.07. The number of methoxy groups -OCH3 is 2. The summed E-state index contributed by atoms with van der Waals surface area (Å²) in [6, 6.07) is 17.6. The highest BCUT2D eigenvalue weighted by molar-refractivity contribution is 6.04. The third-order valence-corrected chi connectivity index (χ3v) is 4.54. The molecule has 0 aliphatic heterocycles. The van der Waals surface area contributed by atoms with Gasteiger partial charge in [0.05, 0.1) is 14.2 Å². The molecule has 0 atom stereocenters. The Kier molecular flexibility index (Phi) is 5.61. The number of carbonyl (C=O) groups is 1. The Balaban J connectivity index is 1.55. The van der Waals surface area contributed by atoms with Gasteiger partial charge < -0.3 is 19.3 Å². The maximum Gasteiger partial charge on any atom is 0.258 e. The number of nitrogens with one attached hydrogen (secondary N) is 1. The normalized spacial score (nSPS) is 10.5. The lowest BCUT2D eigenvalue weighted by Crippen LogP contribution is -2.11. The molecule has 0 bridgehead atoms. The zero-order chi connectivity index (χ0) is 21.8. The van der Waals surface area contributed by atoms with Gasteiger partial charge in [-0.1, -0.05) is 11.2 Å². The first-order chi connectivity index (χ1) is 15.1. The minimum atomic E-state index is -0.403. The fraction of sp³-hybridized carbons (Fsp3) is 0.0870. The summed E-state index contributed by atoms with van der Waals surface area (Å²) in [5, 5.41) is 6.81. The van der Waals surface area contributed by atoms with Gasteiger partial charge in [-0.05, 0) is 60.7 Å². The standard InChI is InChI=1S/C23H18FN3O4/c1-29-19-11-8-15(13-20(19)30-2)21-26-23(31-27-21)16-4-3-5-18(12-16)25-22(28)14-6-9-17(24)10-7-14/h3-13H,1-2H3,(H,25,28). The van der Waals surface area contributed by atoms with Crippen molar-refractivity contribution >= 4 is 11.6 Å². The number of anilines is 1. The maximum absolute atomic E-state index is 13.1. The van der Waals surface area contributed by atoms with Crippen LogP contribution < -0.4 is 14.8 Å². The van der Waals surface area contributed by atoms with Crippen molar-refractivity contribution in [2.75, 3.05) is 19.5 Å². The average molecular weight is 419 g/mol. The first-order valence-electron chi connectivity index (χ1n) is 9.31. The first-order valence-corrected chi connectivity index (χ1v) is 9.31. The number of carbonyl (C=O) groups excluding carboxylic acids is 1. The van der Waals surface area contributed by atoms with Crippen LogP contribution in [0.1, 0.15) is 10.4 Å². The van der Waals surface area contributed by atoms with Crippen molar-refractivity contribution in [2.45, 2.75) is 0 Å². The second-order valence-electron chi connectivity index (χ2n) is 6.53. The highest BCUT2D eigenvalue weighted by Crippen LogP contribution is 2.32. The summed E-state index contributed by atoms with van der Waals surface area (Å²) in [6.07, 6.45) is 0. The van der Waals surface area contributed by atoms with Crippen molar-refractivity contribution in [1.29, 1.82) is 0 Å². The number of benzene rings is 3. The van der Waals surface area contributed by atoms with Gasteiger partial charge in [0, 0.05) is 22.4 Å². The van der Waals surface area contributed by atoms with Gasteiger partial charge in [0.2, 0.25) is 5.82 Å². The van der Waals surface area contributed by atoms with Crippen molar-refractivity contribution in [3.05, 3.63) is 78.1 Å². The number of ether oxygens (including phenoxy) is 2. The highest BCUT2D eigenvalue weighted by atomic mass is 19.1. The Bertz CT molecular complexity index is 1220. The van der Waals surface area contributed by atoms with Crippen LogP contribution in [0.3, 0.4) is 0 Å². The number of nitrogens with zero attached hydrogens (tertiary/aromatic N) is 2. The molecule has 1 amide bonds. The molecule has 1 heterocycles. The zero-order valence-electron chi connectivity index (χ0n) is 16.8. The van der Waals surface area contributed by atoms with E-state index >= 15 is 0 Å². The predicted molar refractivity (Wildman–Crippen MR) is 113 cm³/mol. The molecule has 1 N–H and O–H groups in total. The first kappa shape index (κ1) is 20.1. The molecule has 8 heteroatoms. The fourth-order valence-corrected chi connectivity index (χ4v) is 2.97. The minimum Gasteiger partial charge on any atom is -0.493 e. The van der Waals surface area contributed by atoms with Crippen molar-refractivity contribution < 1.29 is 23.2 Å². The monoisotopic (exact) mass is 419 g/mol. The Hall–Kier alpha value is -4.20. The van der Waals surface area contributed by atoms with Crippen LogP contribution in [0, 0.1) is 5.82 Å². The summed E-state index contributed by atoms with van der Waals surface area (Å²) < 4.78 is 29.0. The van der Waals surface area contributed by atoms with Gasteiger partial charge in [-0.3, -0.25) is 4.79 Å². The molecule has 0 saturated carbocycles. The molecule has 4 aromatic rings.